The lowest BCUT2D eigenvalue weighted by molar-refractivity contribution is -0.131. The van der Waals surface area contributed by atoms with E-state index < -0.39 is 5.97 Å². The lowest BCUT2D eigenvalue weighted by Gasteiger charge is -2.25. The molecule has 0 spiro atoms. The van der Waals surface area contributed by atoms with E-state index in [1.54, 1.807) is 6.08 Å². The van der Waals surface area contributed by atoms with Crippen molar-refractivity contribution in [2.75, 3.05) is 0 Å². The summed E-state index contributed by atoms with van der Waals surface area (Å²) in [4.78, 5) is 10.4. The molecule has 1 N–H and O–H groups in total. The molecule has 2 saturated heterocycles. The second-order valence-electron chi connectivity index (χ2n) is 7.33. The zero-order chi connectivity index (χ0) is 17.2. The number of carboxylic acids is 1. The van der Waals surface area contributed by atoms with E-state index in [9.17, 15) is 4.79 Å². The zero-order valence-corrected chi connectivity index (χ0v) is 15.2. The van der Waals surface area contributed by atoms with Crippen LogP contribution >= 0.6 is 0 Å². The van der Waals surface area contributed by atoms with Crippen LogP contribution in [0.15, 0.2) is 24.3 Å². The molecule has 2 fully saturated rings. The Labute approximate surface area is 147 Å². The second kappa shape index (κ2) is 10.7. The first-order valence-electron chi connectivity index (χ1n) is 9.94. The van der Waals surface area contributed by atoms with E-state index in [0.29, 0.717) is 24.0 Å². The van der Waals surface area contributed by atoms with Crippen molar-refractivity contribution in [3.8, 4) is 0 Å². The summed E-state index contributed by atoms with van der Waals surface area (Å²) in [7, 11) is 0. The summed E-state index contributed by atoms with van der Waals surface area (Å²) >= 11 is 0. The van der Waals surface area contributed by atoms with Crippen molar-refractivity contribution in [2.24, 2.45) is 11.8 Å². The molecule has 4 atom stereocenters. The number of aliphatic carboxylic acids is 1. The van der Waals surface area contributed by atoms with Crippen LogP contribution in [0.2, 0.25) is 0 Å². The number of rotatable bonds is 12. The molecule has 2 aliphatic rings. The minimum absolute atomic E-state index is 0.457. The molecular weight excluding hydrogens is 300 g/mol. The molecule has 0 aromatic carbocycles. The van der Waals surface area contributed by atoms with Crippen molar-refractivity contribution in [1.82, 2.24) is 0 Å². The molecule has 3 nitrogen and oxygen atoms in total. The predicted octanol–water partition coefficient (Wildman–Crippen LogP) is 5.51. The van der Waals surface area contributed by atoms with Crippen molar-refractivity contribution < 1.29 is 14.6 Å². The second-order valence-corrected chi connectivity index (χ2v) is 7.33. The van der Waals surface area contributed by atoms with Gasteiger partial charge in [0.1, 0.15) is 0 Å². The van der Waals surface area contributed by atoms with E-state index in [2.05, 4.69) is 19.1 Å². The fourth-order valence-electron chi connectivity index (χ4n) is 4.22. The van der Waals surface area contributed by atoms with Crippen molar-refractivity contribution in [3.63, 3.8) is 0 Å². The number of unbranched alkanes of at least 4 members (excludes halogenated alkanes) is 6. The largest absolute Gasteiger partial charge is 0.478 e. The van der Waals surface area contributed by atoms with Gasteiger partial charge in [0.25, 0.3) is 0 Å². The molecule has 2 rings (SSSR count). The topological polar surface area (TPSA) is 46.5 Å². The van der Waals surface area contributed by atoms with Gasteiger partial charge in [0, 0.05) is 12.0 Å². The van der Waals surface area contributed by atoms with Crippen LogP contribution in [0.3, 0.4) is 0 Å². The minimum atomic E-state index is -0.847. The van der Waals surface area contributed by atoms with Crippen molar-refractivity contribution in [2.45, 2.75) is 89.8 Å². The minimum Gasteiger partial charge on any atom is -0.478 e. The fraction of sp³-hybridized carbons (Fsp3) is 0.762. The number of allylic oxidation sites excluding steroid dienone is 2. The van der Waals surface area contributed by atoms with Crippen LogP contribution in [-0.4, -0.2) is 23.3 Å². The molecule has 0 aromatic rings. The fourth-order valence-corrected chi connectivity index (χ4v) is 4.22. The van der Waals surface area contributed by atoms with Gasteiger partial charge in [-0.25, -0.2) is 4.79 Å². The Morgan fingerprint density at radius 2 is 1.79 bits per heavy atom. The van der Waals surface area contributed by atoms with E-state index in [4.69, 9.17) is 9.84 Å². The monoisotopic (exact) mass is 334 g/mol. The quantitative estimate of drug-likeness (QED) is 0.291. The maximum absolute atomic E-state index is 10.4. The van der Waals surface area contributed by atoms with Crippen LogP contribution in [0.4, 0.5) is 0 Å². The zero-order valence-electron chi connectivity index (χ0n) is 15.2. The summed E-state index contributed by atoms with van der Waals surface area (Å²) in [6.07, 6.45) is 22.1. The van der Waals surface area contributed by atoms with Crippen molar-refractivity contribution >= 4 is 5.97 Å². The first-order chi connectivity index (χ1) is 11.7. The molecule has 0 unspecified atom stereocenters. The smallest absolute Gasteiger partial charge is 0.327 e. The van der Waals surface area contributed by atoms with Gasteiger partial charge in [0.05, 0.1) is 12.2 Å². The van der Waals surface area contributed by atoms with E-state index in [1.807, 2.05) is 0 Å². The number of fused-ring (bicyclic) bond motifs is 2. The maximum Gasteiger partial charge on any atom is 0.327 e. The number of ether oxygens (including phenoxy) is 1. The van der Waals surface area contributed by atoms with Crippen molar-refractivity contribution in [1.29, 1.82) is 0 Å². The molecule has 0 aromatic heterocycles. The molecule has 3 heteroatoms. The Kier molecular flexibility index (Phi) is 8.58. The van der Waals surface area contributed by atoms with E-state index in [1.165, 1.54) is 63.9 Å². The summed E-state index contributed by atoms with van der Waals surface area (Å²) < 4.78 is 6.16. The first-order valence-corrected chi connectivity index (χ1v) is 9.94. The lowest BCUT2D eigenvalue weighted by Crippen LogP contribution is -2.25. The summed E-state index contributed by atoms with van der Waals surface area (Å²) in [6.45, 7) is 2.25. The third kappa shape index (κ3) is 6.08. The first kappa shape index (κ1) is 19.2. The molecule has 0 saturated carbocycles. The highest BCUT2D eigenvalue weighted by molar-refractivity contribution is 5.79. The van der Waals surface area contributed by atoms with Crippen LogP contribution < -0.4 is 0 Å². The van der Waals surface area contributed by atoms with Gasteiger partial charge in [-0.1, -0.05) is 50.8 Å². The standard InChI is InChI=1S/C21H34O3/c1-2-3-4-5-6-9-12-17-18(20-16-15-19(17)24-20)13-10-7-8-11-14-21(22)23/h9,11-12,14,17-20H,2-8,10,13,15-16H2,1H3,(H,22,23)/t17-,18+,19-,20+/m1/s1. The van der Waals surface area contributed by atoms with Crippen LogP contribution in [-0.2, 0) is 9.53 Å². The van der Waals surface area contributed by atoms with Gasteiger partial charge in [-0.2, -0.15) is 0 Å². The number of hydrogen-bond donors (Lipinski definition) is 1. The molecule has 136 valence electrons. The predicted molar refractivity (Wildman–Crippen MR) is 98.0 cm³/mol. The van der Waals surface area contributed by atoms with Gasteiger partial charge in [-0.15, -0.1) is 0 Å². The molecule has 2 heterocycles. The summed E-state index contributed by atoms with van der Waals surface area (Å²) in [6, 6.07) is 0. The average molecular weight is 335 g/mol. The molecule has 2 aliphatic heterocycles. The third-order valence-electron chi connectivity index (χ3n) is 5.49. The molecule has 0 amide bonds. The molecule has 2 bridgehead atoms. The Bertz CT molecular complexity index is 427. The lowest BCUT2D eigenvalue weighted by atomic mass is 9.76. The normalized spacial score (nSPS) is 29.2. The SMILES string of the molecule is CCCCCCC=C[C@@H]1[C@H](CCCCC=CC(=O)O)[C@@H]2CC[C@H]1O2. The van der Waals surface area contributed by atoms with E-state index >= 15 is 0 Å². The van der Waals surface area contributed by atoms with Gasteiger partial charge in [-0.3, -0.25) is 0 Å². The van der Waals surface area contributed by atoms with Crippen LogP contribution in [0, 0.1) is 11.8 Å². The van der Waals surface area contributed by atoms with E-state index in [-0.39, 0.29) is 0 Å². The summed E-state index contributed by atoms with van der Waals surface area (Å²) in [5.41, 5.74) is 0. The van der Waals surface area contributed by atoms with Crippen LogP contribution in [0.1, 0.15) is 77.6 Å². The van der Waals surface area contributed by atoms with Crippen molar-refractivity contribution in [3.05, 3.63) is 24.3 Å². The van der Waals surface area contributed by atoms with Gasteiger partial charge >= 0.3 is 5.97 Å². The highest BCUT2D eigenvalue weighted by Crippen LogP contribution is 2.46. The molecular formula is C21H34O3. The van der Waals surface area contributed by atoms with Crippen LogP contribution in [0.5, 0.6) is 0 Å². The maximum atomic E-state index is 10.4. The van der Waals surface area contributed by atoms with Gasteiger partial charge < -0.3 is 9.84 Å². The van der Waals surface area contributed by atoms with Gasteiger partial charge in [-0.05, 0) is 50.9 Å². The number of carbonyl (C=O) groups is 1. The number of hydrogen-bond acceptors (Lipinski definition) is 2. The van der Waals surface area contributed by atoms with E-state index in [0.717, 1.165) is 12.8 Å². The molecule has 24 heavy (non-hydrogen) atoms. The Balaban J connectivity index is 1.69. The average Bonchev–Trinajstić information content (AvgIpc) is 3.15. The number of carboxylic acid groups (broad SMARTS) is 1. The highest BCUT2D eigenvalue weighted by atomic mass is 16.5. The van der Waals surface area contributed by atoms with Crippen LogP contribution in [0.25, 0.3) is 0 Å². The Morgan fingerprint density at radius 1 is 1.04 bits per heavy atom. The highest BCUT2D eigenvalue weighted by Gasteiger charge is 2.46. The van der Waals surface area contributed by atoms with Gasteiger partial charge in [0.15, 0.2) is 0 Å². The summed E-state index contributed by atoms with van der Waals surface area (Å²) in [5.74, 6) is 0.448. The molecule has 0 aliphatic carbocycles. The van der Waals surface area contributed by atoms with Gasteiger partial charge in [0.2, 0.25) is 0 Å². The molecule has 0 radical (unpaired) electrons. The summed E-state index contributed by atoms with van der Waals surface area (Å²) in [5, 5.41) is 8.59. The third-order valence-corrected chi connectivity index (χ3v) is 5.49. The Hall–Kier alpha value is -1.09. The Morgan fingerprint density at radius 3 is 2.58 bits per heavy atom.